The molecule has 0 N–H and O–H groups in total. The van der Waals surface area contributed by atoms with E-state index in [-0.39, 0.29) is 5.92 Å². The highest BCUT2D eigenvalue weighted by molar-refractivity contribution is 6.34. The molecule has 0 saturated carbocycles. The lowest BCUT2D eigenvalue weighted by atomic mass is 10.1. The van der Waals surface area contributed by atoms with Crippen molar-refractivity contribution < 1.29 is 0 Å². The maximum Gasteiger partial charge on any atom is 0.138 e. The molecule has 62 valence electrons. The Hall–Kier alpha value is -0.780. The fourth-order valence-corrected chi connectivity index (χ4v) is 1.44. The van der Waals surface area contributed by atoms with E-state index in [1.54, 1.807) is 0 Å². The molecule has 1 unspecified atom stereocenters. The summed E-state index contributed by atoms with van der Waals surface area (Å²) in [6, 6.07) is 0. The molecular formula is C8H6Cl2N2. The van der Waals surface area contributed by atoms with Crippen LogP contribution in [0.3, 0.4) is 0 Å². The van der Waals surface area contributed by atoms with Gasteiger partial charge in [0.05, 0.1) is 0 Å². The van der Waals surface area contributed by atoms with Gasteiger partial charge in [0.15, 0.2) is 0 Å². The standard InChI is InChI=1S/C8H6Cl2N2/c1-3-5(2)6-7(9)11-4-12-8(6)10/h1,4-5H,2H3. The van der Waals surface area contributed by atoms with Crippen LogP contribution < -0.4 is 0 Å². The Bertz CT molecular complexity index is 310. The second-order valence-electron chi connectivity index (χ2n) is 2.26. The zero-order chi connectivity index (χ0) is 9.14. The summed E-state index contributed by atoms with van der Waals surface area (Å²) in [5.41, 5.74) is 0.614. The lowest BCUT2D eigenvalue weighted by Gasteiger charge is -2.06. The van der Waals surface area contributed by atoms with E-state index in [1.165, 1.54) is 6.33 Å². The van der Waals surface area contributed by atoms with E-state index in [0.29, 0.717) is 15.9 Å². The predicted octanol–water partition coefficient (Wildman–Crippen LogP) is 2.52. The predicted molar refractivity (Wildman–Crippen MR) is 49.3 cm³/mol. The van der Waals surface area contributed by atoms with E-state index in [0.717, 1.165) is 0 Å². The van der Waals surface area contributed by atoms with Gasteiger partial charge in [0, 0.05) is 11.5 Å². The Kier molecular flexibility index (Phi) is 2.91. The molecule has 2 nitrogen and oxygen atoms in total. The first-order chi connectivity index (χ1) is 5.66. The minimum atomic E-state index is -0.161. The number of halogens is 2. The van der Waals surface area contributed by atoms with Crippen LogP contribution in [-0.4, -0.2) is 9.97 Å². The fraction of sp³-hybridized carbons (Fsp3) is 0.250. The van der Waals surface area contributed by atoms with Gasteiger partial charge in [0.25, 0.3) is 0 Å². The second-order valence-corrected chi connectivity index (χ2v) is 2.97. The molecule has 4 heteroatoms. The molecular weight excluding hydrogens is 195 g/mol. The van der Waals surface area contributed by atoms with Crippen LogP contribution >= 0.6 is 23.2 Å². The summed E-state index contributed by atoms with van der Waals surface area (Å²) in [5.74, 6) is 2.35. The molecule has 1 heterocycles. The Morgan fingerprint density at radius 1 is 1.42 bits per heavy atom. The zero-order valence-electron chi connectivity index (χ0n) is 6.38. The molecule has 1 aromatic heterocycles. The maximum atomic E-state index is 5.77. The van der Waals surface area contributed by atoms with Gasteiger partial charge in [-0.05, 0) is 6.92 Å². The van der Waals surface area contributed by atoms with Crippen molar-refractivity contribution in [1.82, 2.24) is 9.97 Å². The molecule has 1 aromatic rings. The van der Waals surface area contributed by atoms with Crippen molar-refractivity contribution >= 4 is 23.2 Å². The minimum absolute atomic E-state index is 0.161. The lowest BCUT2D eigenvalue weighted by molar-refractivity contribution is 0.961. The first-order valence-electron chi connectivity index (χ1n) is 3.28. The van der Waals surface area contributed by atoms with E-state index in [9.17, 15) is 0 Å². The molecule has 1 atom stereocenters. The minimum Gasteiger partial charge on any atom is -0.224 e. The largest absolute Gasteiger partial charge is 0.224 e. The number of hydrogen-bond donors (Lipinski definition) is 0. The second kappa shape index (κ2) is 3.75. The number of nitrogens with zero attached hydrogens (tertiary/aromatic N) is 2. The summed E-state index contributed by atoms with van der Waals surface area (Å²) < 4.78 is 0. The average molecular weight is 201 g/mol. The van der Waals surface area contributed by atoms with Crippen LogP contribution in [0.2, 0.25) is 10.3 Å². The lowest BCUT2D eigenvalue weighted by Crippen LogP contribution is -1.96. The summed E-state index contributed by atoms with van der Waals surface area (Å²) in [5, 5.41) is 0.640. The molecule has 0 saturated heterocycles. The van der Waals surface area contributed by atoms with E-state index in [2.05, 4.69) is 15.9 Å². The van der Waals surface area contributed by atoms with Crippen LogP contribution in [0.5, 0.6) is 0 Å². The Morgan fingerprint density at radius 3 is 2.33 bits per heavy atom. The smallest absolute Gasteiger partial charge is 0.138 e. The topological polar surface area (TPSA) is 25.8 Å². The first kappa shape index (κ1) is 9.31. The van der Waals surface area contributed by atoms with E-state index in [1.807, 2.05) is 6.92 Å². The Labute approximate surface area is 80.9 Å². The average Bonchev–Trinajstić information content (AvgIpc) is 2.03. The van der Waals surface area contributed by atoms with Crippen molar-refractivity contribution in [3.8, 4) is 12.3 Å². The summed E-state index contributed by atoms with van der Waals surface area (Å²) in [6.07, 6.45) is 6.52. The van der Waals surface area contributed by atoms with Gasteiger partial charge in [-0.2, -0.15) is 0 Å². The Morgan fingerprint density at radius 2 is 1.92 bits per heavy atom. The highest BCUT2D eigenvalue weighted by Crippen LogP contribution is 2.27. The summed E-state index contributed by atoms with van der Waals surface area (Å²) >= 11 is 11.5. The third-order valence-corrected chi connectivity index (χ3v) is 2.07. The van der Waals surface area contributed by atoms with Crippen LogP contribution in [-0.2, 0) is 0 Å². The van der Waals surface area contributed by atoms with Crippen molar-refractivity contribution in [2.24, 2.45) is 0 Å². The molecule has 0 aliphatic rings. The molecule has 0 aromatic carbocycles. The first-order valence-corrected chi connectivity index (χ1v) is 4.04. The van der Waals surface area contributed by atoms with Crippen LogP contribution in [0.25, 0.3) is 0 Å². The molecule has 0 aliphatic heterocycles. The quantitative estimate of drug-likeness (QED) is 0.515. The molecule has 1 rings (SSSR count). The summed E-state index contributed by atoms with van der Waals surface area (Å²) in [6.45, 7) is 1.82. The molecule has 0 fully saturated rings. The van der Waals surface area contributed by atoms with Crippen molar-refractivity contribution in [2.45, 2.75) is 12.8 Å². The van der Waals surface area contributed by atoms with Gasteiger partial charge >= 0.3 is 0 Å². The third-order valence-electron chi connectivity index (χ3n) is 1.47. The number of aromatic nitrogens is 2. The third kappa shape index (κ3) is 1.69. The van der Waals surface area contributed by atoms with E-state index < -0.39 is 0 Å². The molecule has 0 radical (unpaired) electrons. The molecule has 0 amide bonds. The fourth-order valence-electron chi connectivity index (χ4n) is 0.795. The van der Waals surface area contributed by atoms with Gasteiger partial charge in [-0.25, -0.2) is 9.97 Å². The highest BCUT2D eigenvalue weighted by Gasteiger charge is 2.12. The van der Waals surface area contributed by atoms with Gasteiger partial charge in [0.2, 0.25) is 0 Å². The monoisotopic (exact) mass is 200 g/mol. The zero-order valence-corrected chi connectivity index (χ0v) is 7.89. The molecule has 0 aliphatic carbocycles. The SMILES string of the molecule is C#CC(C)c1c(Cl)ncnc1Cl. The van der Waals surface area contributed by atoms with Gasteiger partial charge in [-0.3, -0.25) is 0 Å². The van der Waals surface area contributed by atoms with Crippen molar-refractivity contribution in [3.63, 3.8) is 0 Å². The van der Waals surface area contributed by atoms with Crippen LogP contribution in [0, 0.1) is 12.3 Å². The van der Waals surface area contributed by atoms with Crippen LogP contribution in [0.1, 0.15) is 18.4 Å². The Balaban J connectivity index is 3.23. The van der Waals surface area contributed by atoms with Gasteiger partial charge < -0.3 is 0 Å². The van der Waals surface area contributed by atoms with Gasteiger partial charge in [0.1, 0.15) is 16.6 Å². The molecule has 12 heavy (non-hydrogen) atoms. The van der Waals surface area contributed by atoms with Crippen LogP contribution in [0.15, 0.2) is 6.33 Å². The maximum absolute atomic E-state index is 5.77. The van der Waals surface area contributed by atoms with Gasteiger partial charge in [-0.15, -0.1) is 6.42 Å². The number of terminal acetylenes is 1. The molecule has 0 spiro atoms. The van der Waals surface area contributed by atoms with Crippen molar-refractivity contribution in [2.75, 3.05) is 0 Å². The van der Waals surface area contributed by atoms with Crippen molar-refractivity contribution in [3.05, 3.63) is 22.2 Å². The van der Waals surface area contributed by atoms with E-state index >= 15 is 0 Å². The van der Waals surface area contributed by atoms with E-state index in [4.69, 9.17) is 29.6 Å². The van der Waals surface area contributed by atoms with Crippen molar-refractivity contribution in [1.29, 1.82) is 0 Å². The number of hydrogen-bond acceptors (Lipinski definition) is 2. The van der Waals surface area contributed by atoms with Gasteiger partial charge in [-0.1, -0.05) is 29.1 Å². The summed E-state index contributed by atoms with van der Waals surface area (Å²) in [7, 11) is 0. The highest BCUT2D eigenvalue weighted by atomic mass is 35.5. The van der Waals surface area contributed by atoms with Crippen LogP contribution in [0.4, 0.5) is 0 Å². The summed E-state index contributed by atoms with van der Waals surface area (Å²) in [4.78, 5) is 7.57. The molecule has 0 bridgehead atoms. The normalized spacial score (nSPS) is 12.2. The number of rotatable bonds is 1.